The number of unbranched alkanes of at least 4 members (excludes halogenated alkanes) is 5. The van der Waals surface area contributed by atoms with Crippen molar-refractivity contribution in [3.05, 3.63) is 109 Å². The van der Waals surface area contributed by atoms with E-state index in [-0.39, 0.29) is 12.0 Å². The van der Waals surface area contributed by atoms with E-state index in [2.05, 4.69) is 17.1 Å². The summed E-state index contributed by atoms with van der Waals surface area (Å²) < 4.78 is 19.4. The minimum atomic E-state index is -0.412. The molecule has 0 amide bonds. The number of quaternary nitrogens is 1. The van der Waals surface area contributed by atoms with Gasteiger partial charge in [0, 0.05) is 24.5 Å². The average Bonchev–Trinajstić information content (AvgIpc) is 3.57. The number of esters is 2. The van der Waals surface area contributed by atoms with Crippen LogP contribution in [0.25, 0.3) is 5.69 Å². The zero-order valence-electron chi connectivity index (χ0n) is 26.1. The summed E-state index contributed by atoms with van der Waals surface area (Å²) in [5.41, 5.74) is 2.54. The van der Waals surface area contributed by atoms with Gasteiger partial charge in [-0.25, -0.2) is 14.6 Å². The molecule has 3 aromatic carbocycles. The molecule has 0 saturated heterocycles. The summed E-state index contributed by atoms with van der Waals surface area (Å²) >= 11 is 0. The molecule has 0 radical (unpaired) electrons. The van der Waals surface area contributed by atoms with Gasteiger partial charge in [0.25, 0.3) is 0 Å². The Bertz CT molecular complexity index is 1410. The topological polar surface area (TPSA) is 79.7 Å². The van der Waals surface area contributed by atoms with Crippen LogP contribution in [0.1, 0.15) is 54.4 Å². The van der Waals surface area contributed by atoms with Crippen LogP contribution in [0, 0.1) is 0 Å². The summed E-state index contributed by atoms with van der Waals surface area (Å²) in [5.74, 6) is 0.679. The van der Waals surface area contributed by atoms with E-state index in [1.54, 1.807) is 36.8 Å². The summed E-state index contributed by atoms with van der Waals surface area (Å²) in [7, 11) is 6.11. The molecule has 1 atom stereocenters. The van der Waals surface area contributed by atoms with E-state index >= 15 is 0 Å². The second-order valence-electron chi connectivity index (χ2n) is 11.8. The molecular weight excluding hydrogens is 554 g/mol. The summed E-state index contributed by atoms with van der Waals surface area (Å²) in [5, 5.41) is 0. The van der Waals surface area contributed by atoms with Gasteiger partial charge in [0.05, 0.1) is 46.2 Å². The van der Waals surface area contributed by atoms with Crippen molar-refractivity contribution < 1.29 is 28.3 Å². The quantitative estimate of drug-likeness (QED) is 0.0585. The first-order chi connectivity index (χ1) is 21.3. The lowest BCUT2D eigenvalue weighted by Gasteiger charge is -2.32. The molecule has 1 unspecified atom stereocenters. The molecule has 0 bridgehead atoms. The molecule has 0 spiro atoms. The minimum absolute atomic E-state index is 0.124. The number of aromatic nitrogens is 2. The molecule has 0 saturated carbocycles. The molecule has 232 valence electrons. The van der Waals surface area contributed by atoms with Crippen molar-refractivity contribution in [2.24, 2.45) is 0 Å². The Morgan fingerprint density at radius 2 is 1.41 bits per heavy atom. The number of hydrogen-bond donors (Lipinski definition) is 0. The van der Waals surface area contributed by atoms with Crippen LogP contribution in [-0.2, 0) is 16.0 Å². The Morgan fingerprint density at radius 3 is 2.05 bits per heavy atom. The first-order valence-corrected chi connectivity index (χ1v) is 15.3. The van der Waals surface area contributed by atoms with Crippen LogP contribution < -0.4 is 9.47 Å². The van der Waals surface area contributed by atoms with Crippen molar-refractivity contribution in [2.45, 2.75) is 51.0 Å². The van der Waals surface area contributed by atoms with Gasteiger partial charge in [-0.2, -0.15) is 0 Å². The molecule has 1 heterocycles. The van der Waals surface area contributed by atoms with Crippen LogP contribution in [0.2, 0.25) is 0 Å². The van der Waals surface area contributed by atoms with Crippen LogP contribution in [0.3, 0.4) is 0 Å². The van der Waals surface area contributed by atoms with Crippen molar-refractivity contribution in [1.82, 2.24) is 9.55 Å². The maximum atomic E-state index is 12.8. The number of imidazole rings is 1. The monoisotopic (exact) mass is 598 g/mol. The molecule has 0 fully saturated rings. The first-order valence-electron chi connectivity index (χ1n) is 15.3. The number of likely N-dealkylation sites (N-methyl/N-ethyl adjacent to an activating group) is 1. The van der Waals surface area contributed by atoms with E-state index in [9.17, 15) is 9.59 Å². The Morgan fingerprint density at radius 1 is 0.773 bits per heavy atom. The smallest absolute Gasteiger partial charge is 0.365 e. The fourth-order valence-corrected chi connectivity index (χ4v) is 4.83. The molecular formula is C36H44N3O5+. The number of carbonyl (C=O) groups excluding carboxylic acids is 2. The van der Waals surface area contributed by atoms with Crippen molar-refractivity contribution >= 4 is 11.9 Å². The maximum absolute atomic E-state index is 12.8. The van der Waals surface area contributed by atoms with Crippen LogP contribution in [0.4, 0.5) is 0 Å². The van der Waals surface area contributed by atoms with E-state index < -0.39 is 5.97 Å². The number of ether oxygens (including phenoxy) is 3. The van der Waals surface area contributed by atoms with Gasteiger partial charge in [-0.1, -0.05) is 56.0 Å². The van der Waals surface area contributed by atoms with Crippen LogP contribution >= 0.6 is 0 Å². The van der Waals surface area contributed by atoms with Crippen LogP contribution in [0.5, 0.6) is 11.5 Å². The third-order valence-electron chi connectivity index (χ3n) is 7.47. The van der Waals surface area contributed by atoms with E-state index in [0.717, 1.165) is 55.5 Å². The number of nitrogens with zero attached hydrogens (tertiary/aromatic N) is 3. The van der Waals surface area contributed by atoms with Crippen LogP contribution in [0.15, 0.2) is 97.6 Å². The Hall–Kier alpha value is -4.43. The highest BCUT2D eigenvalue weighted by molar-refractivity contribution is 5.91. The molecule has 0 aliphatic carbocycles. The standard InChI is InChI=1S/C36H44N3O5/c1-39(2,3)34(27-29-13-9-8-10-14-29)36(41)43-26-12-7-5-4-6-11-25-42-32-19-21-33(22-20-32)44-35(40)30-15-17-31(18-16-30)38-24-23-37-28-38/h8-10,13-24,28,34H,4-7,11-12,25-27H2,1-3H3/q+1. The Labute approximate surface area is 260 Å². The van der Waals surface area contributed by atoms with Crippen molar-refractivity contribution in [3.8, 4) is 17.2 Å². The third-order valence-corrected chi connectivity index (χ3v) is 7.47. The molecule has 0 aliphatic heterocycles. The van der Waals surface area contributed by atoms with Gasteiger partial charge in [0.1, 0.15) is 11.5 Å². The minimum Gasteiger partial charge on any atom is -0.494 e. The SMILES string of the molecule is C[N+](C)(C)C(Cc1ccccc1)C(=O)OCCCCCCCCOc1ccc(OC(=O)c2ccc(-n3ccnc3)cc2)cc1. The number of benzene rings is 3. The van der Waals surface area contributed by atoms with Gasteiger partial charge >= 0.3 is 11.9 Å². The third kappa shape index (κ3) is 10.4. The molecule has 4 rings (SSSR count). The van der Waals surface area contributed by atoms with Gasteiger partial charge in [-0.05, 0) is 66.9 Å². The molecule has 1 aromatic heterocycles. The normalized spacial score (nSPS) is 12.0. The van der Waals surface area contributed by atoms with E-state index in [1.165, 1.54) is 0 Å². The van der Waals surface area contributed by atoms with Gasteiger partial charge < -0.3 is 23.3 Å². The van der Waals surface area contributed by atoms with E-state index in [0.29, 0.717) is 35.4 Å². The lowest BCUT2D eigenvalue weighted by Crippen LogP contribution is -2.51. The molecule has 0 N–H and O–H groups in total. The summed E-state index contributed by atoms with van der Waals surface area (Å²) in [4.78, 5) is 29.4. The van der Waals surface area contributed by atoms with Crippen molar-refractivity contribution in [1.29, 1.82) is 0 Å². The zero-order valence-corrected chi connectivity index (χ0v) is 26.1. The first kappa shape index (κ1) is 32.5. The maximum Gasteiger partial charge on any atom is 0.365 e. The van der Waals surface area contributed by atoms with E-state index in [4.69, 9.17) is 14.2 Å². The van der Waals surface area contributed by atoms with E-state index in [1.807, 2.05) is 74.4 Å². The highest BCUT2D eigenvalue weighted by atomic mass is 16.5. The van der Waals surface area contributed by atoms with Gasteiger partial charge in [-0.3, -0.25) is 0 Å². The van der Waals surface area contributed by atoms with Crippen molar-refractivity contribution in [3.63, 3.8) is 0 Å². The number of hydrogen-bond acceptors (Lipinski definition) is 6. The fourth-order valence-electron chi connectivity index (χ4n) is 4.83. The molecule has 8 nitrogen and oxygen atoms in total. The van der Waals surface area contributed by atoms with Gasteiger partial charge in [0.2, 0.25) is 0 Å². The Kier molecular flexibility index (Phi) is 12.1. The lowest BCUT2D eigenvalue weighted by atomic mass is 10.0. The van der Waals surface area contributed by atoms with Gasteiger partial charge in [0.15, 0.2) is 6.04 Å². The van der Waals surface area contributed by atoms with Crippen molar-refractivity contribution in [2.75, 3.05) is 34.4 Å². The molecule has 44 heavy (non-hydrogen) atoms. The molecule has 0 aliphatic rings. The summed E-state index contributed by atoms with van der Waals surface area (Å²) in [6.07, 6.45) is 12.1. The number of carbonyl (C=O) groups is 2. The molecule has 8 heteroatoms. The Balaban J connectivity index is 1.05. The number of rotatable bonds is 17. The average molecular weight is 599 g/mol. The highest BCUT2D eigenvalue weighted by Crippen LogP contribution is 2.20. The molecule has 4 aromatic rings. The second-order valence-corrected chi connectivity index (χ2v) is 11.8. The lowest BCUT2D eigenvalue weighted by molar-refractivity contribution is -0.887. The van der Waals surface area contributed by atoms with Crippen LogP contribution in [-0.4, -0.2) is 66.4 Å². The predicted octanol–water partition coefficient (Wildman–Crippen LogP) is 6.67. The summed E-state index contributed by atoms with van der Waals surface area (Å²) in [6, 6.07) is 24.2. The highest BCUT2D eigenvalue weighted by Gasteiger charge is 2.33. The largest absolute Gasteiger partial charge is 0.494 e. The summed E-state index contributed by atoms with van der Waals surface area (Å²) in [6.45, 7) is 1.10. The fraction of sp³-hybridized carbons (Fsp3) is 0.361. The zero-order chi connectivity index (χ0) is 31.2. The van der Waals surface area contributed by atoms with Gasteiger partial charge in [-0.15, -0.1) is 0 Å². The second kappa shape index (κ2) is 16.4. The predicted molar refractivity (Wildman–Crippen MR) is 171 cm³/mol.